The van der Waals surface area contributed by atoms with Gasteiger partial charge in [0.15, 0.2) is 0 Å². The molecular formula is C20H19O3P. The first-order chi connectivity index (χ1) is 11.5. The van der Waals surface area contributed by atoms with Crippen molar-refractivity contribution in [2.75, 3.05) is 0 Å². The molecule has 0 aliphatic heterocycles. The first kappa shape index (κ1) is 16.5. The Labute approximate surface area is 142 Å². The summed E-state index contributed by atoms with van der Waals surface area (Å²) in [5.41, 5.74) is 3.99. The molecule has 0 saturated carbocycles. The van der Waals surface area contributed by atoms with Crippen LogP contribution >= 0.6 is 7.60 Å². The molecule has 122 valence electrons. The quantitative estimate of drug-likeness (QED) is 0.691. The lowest BCUT2D eigenvalue weighted by Gasteiger charge is -2.16. The SMILES string of the molecule is Cc1ccc(P(=O)(O)Oc2ccc(-c3ccccc3)cc2C)cc1. The van der Waals surface area contributed by atoms with Gasteiger partial charge in [-0.3, -0.25) is 0 Å². The average Bonchev–Trinajstić information content (AvgIpc) is 2.58. The molecule has 0 bridgehead atoms. The summed E-state index contributed by atoms with van der Waals surface area (Å²) in [5, 5.41) is 0.291. The lowest BCUT2D eigenvalue weighted by Crippen LogP contribution is -2.09. The van der Waals surface area contributed by atoms with Crippen LogP contribution in [0.25, 0.3) is 11.1 Å². The van der Waals surface area contributed by atoms with E-state index in [1.165, 1.54) is 0 Å². The van der Waals surface area contributed by atoms with E-state index in [-0.39, 0.29) is 0 Å². The Morgan fingerprint density at radius 2 is 1.50 bits per heavy atom. The second kappa shape index (κ2) is 6.64. The van der Waals surface area contributed by atoms with E-state index in [4.69, 9.17) is 4.52 Å². The molecule has 0 aromatic heterocycles. The number of benzene rings is 3. The van der Waals surface area contributed by atoms with Crippen LogP contribution in [0.3, 0.4) is 0 Å². The largest absolute Gasteiger partial charge is 0.421 e. The third-order valence-electron chi connectivity index (χ3n) is 3.86. The predicted octanol–water partition coefficient (Wildman–Crippen LogP) is 4.86. The van der Waals surface area contributed by atoms with Gasteiger partial charge in [-0.05, 0) is 54.8 Å². The van der Waals surface area contributed by atoms with Crippen molar-refractivity contribution in [3.63, 3.8) is 0 Å². The van der Waals surface area contributed by atoms with E-state index in [0.717, 1.165) is 22.3 Å². The van der Waals surface area contributed by atoms with Crippen LogP contribution in [0.5, 0.6) is 5.75 Å². The van der Waals surface area contributed by atoms with Crippen molar-refractivity contribution in [3.8, 4) is 16.9 Å². The first-order valence-electron chi connectivity index (χ1n) is 7.71. The normalized spacial score (nSPS) is 13.3. The zero-order valence-corrected chi connectivity index (χ0v) is 14.5. The molecule has 0 heterocycles. The van der Waals surface area contributed by atoms with Crippen molar-refractivity contribution < 1.29 is 14.0 Å². The van der Waals surface area contributed by atoms with Crippen molar-refractivity contribution >= 4 is 12.9 Å². The second-order valence-electron chi connectivity index (χ2n) is 5.79. The summed E-state index contributed by atoms with van der Waals surface area (Å²) >= 11 is 0. The Balaban J connectivity index is 1.88. The molecule has 1 N–H and O–H groups in total. The highest BCUT2D eigenvalue weighted by Crippen LogP contribution is 2.43. The Hall–Kier alpha value is -2.35. The van der Waals surface area contributed by atoms with Crippen LogP contribution in [0.4, 0.5) is 0 Å². The van der Waals surface area contributed by atoms with E-state index >= 15 is 0 Å². The fourth-order valence-electron chi connectivity index (χ4n) is 2.48. The van der Waals surface area contributed by atoms with Gasteiger partial charge in [0.1, 0.15) is 5.75 Å². The van der Waals surface area contributed by atoms with Gasteiger partial charge in [0.25, 0.3) is 0 Å². The third-order valence-corrected chi connectivity index (χ3v) is 5.26. The molecule has 0 amide bonds. The number of hydrogen-bond acceptors (Lipinski definition) is 2. The zero-order chi connectivity index (χ0) is 17.2. The maximum Gasteiger partial charge on any atom is 0.408 e. The van der Waals surface area contributed by atoms with Crippen molar-refractivity contribution in [1.82, 2.24) is 0 Å². The highest BCUT2D eigenvalue weighted by molar-refractivity contribution is 7.61. The van der Waals surface area contributed by atoms with Gasteiger partial charge in [-0.25, -0.2) is 4.57 Å². The summed E-state index contributed by atoms with van der Waals surface area (Å²) in [4.78, 5) is 10.3. The second-order valence-corrected chi connectivity index (χ2v) is 7.53. The van der Waals surface area contributed by atoms with Crippen LogP contribution in [0.2, 0.25) is 0 Å². The number of aryl methyl sites for hydroxylation is 2. The highest BCUT2D eigenvalue weighted by Gasteiger charge is 2.25. The third kappa shape index (κ3) is 3.59. The van der Waals surface area contributed by atoms with Gasteiger partial charge < -0.3 is 9.42 Å². The molecular weight excluding hydrogens is 319 g/mol. The Morgan fingerprint density at radius 3 is 2.12 bits per heavy atom. The molecule has 0 radical (unpaired) electrons. The van der Waals surface area contributed by atoms with Gasteiger partial charge in [0.05, 0.1) is 5.30 Å². The maximum absolute atomic E-state index is 12.5. The highest BCUT2D eigenvalue weighted by atomic mass is 31.2. The van der Waals surface area contributed by atoms with Crippen molar-refractivity contribution in [3.05, 3.63) is 83.9 Å². The standard InChI is InChI=1S/C20H19O3P/c1-15-8-11-19(12-9-15)24(21,22)23-20-13-10-18(14-16(20)2)17-6-4-3-5-7-17/h3-14H,1-2H3,(H,21,22). The molecule has 0 saturated heterocycles. The molecule has 0 aliphatic rings. The van der Waals surface area contributed by atoms with Gasteiger partial charge in [-0.2, -0.15) is 0 Å². The average molecular weight is 338 g/mol. The van der Waals surface area contributed by atoms with E-state index < -0.39 is 7.60 Å². The Kier molecular flexibility index (Phi) is 4.57. The molecule has 1 unspecified atom stereocenters. The summed E-state index contributed by atoms with van der Waals surface area (Å²) < 4.78 is 18.0. The first-order valence-corrected chi connectivity index (χ1v) is 9.29. The molecule has 24 heavy (non-hydrogen) atoms. The molecule has 3 aromatic carbocycles. The fourth-order valence-corrected chi connectivity index (χ4v) is 3.58. The molecule has 0 aliphatic carbocycles. The van der Waals surface area contributed by atoms with E-state index in [9.17, 15) is 9.46 Å². The molecule has 0 spiro atoms. The van der Waals surface area contributed by atoms with E-state index in [0.29, 0.717) is 11.1 Å². The Bertz CT molecular complexity index is 887. The minimum absolute atomic E-state index is 0.291. The predicted molar refractivity (Wildman–Crippen MR) is 97.9 cm³/mol. The lowest BCUT2D eigenvalue weighted by atomic mass is 10.0. The van der Waals surface area contributed by atoms with Gasteiger partial charge in [0.2, 0.25) is 0 Å². The van der Waals surface area contributed by atoms with Crippen LogP contribution in [0, 0.1) is 13.8 Å². The van der Waals surface area contributed by atoms with Crippen molar-refractivity contribution in [1.29, 1.82) is 0 Å². The van der Waals surface area contributed by atoms with Gasteiger partial charge in [-0.1, -0.05) is 54.1 Å². The number of hydrogen-bond donors (Lipinski definition) is 1. The van der Waals surface area contributed by atoms with Gasteiger partial charge in [-0.15, -0.1) is 0 Å². The minimum atomic E-state index is -3.90. The van der Waals surface area contributed by atoms with Crippen LogP contribution in [-0.4, -0.2) is 4.89 Å². The maximum atomic E-state index is 12.5. The van der Waals surface area contributed by atoms with Crippen LogP contribution in [0.1, 0.15) is 11.1 Å². The monoisotopic (exact) mass is 338 g/mol. The molecule has 3 rings (SSSR count). The fraction of sp³-hybridized carbons (Fsp3) is 0.100. The minimum Gasteiger partial charge on any atom is -0.421 e. The molecule has 1 atom stereocenters. The van der Waals surface area contributed by atoms with E-state index in [1.54, 1.807) is 30.3 Å². The number of rotatable bonds is 4. The van der Waals surface area contributed by atoms with Crippen LogP contribution in [0.15, 0.2) is 72.8 Å². The summed E-state index contributed by atoms with van der Waals surface area (Å²) in [6.45, 7) is 3.80. The summed E-state index contributed by atoms with van der Waals surface area (Å²) in [6, 6.07) is 22.4. The van der Waals surface area contributed by atoms with E-state index in [1.807, 2.05) is 56.3 Å². The van der Waals surface area contributed by atoms with Crippen LogP contribution < -0.4 is 9.83 Å². The van der Waals surface area contributed by atoms with Crippen molar-refractivity contribution in [2.24, 2.45) is 0 Å². The molecule has 3 aromatic rings. The smallest absolute Gasteiger partial charge is 0.408 e. The van der Waals surface area contributed by atoms with Gasteiger partial charge >= 0.3 is 7.60 Å². The summed E-state index contributed by atoms with van der Waals surface area (Å²) in [6.07, 6.45) is 0. The summed E-state index contributed by atoms with van der Waals surface area (Å²) in [7, 11) is -3.90. The molecule has 0 fully saturated rings. The van der Waals surface area contributed by atoms with Crippen molar-refractivity contribution in [2.45, 2.75) is 13.8 Å². The van der Waals surface area contributed by atoms with Crippen LogP contribution in [-0.2, 0) is 4.57 Å². The lowest BCUT2D eigenvalue weighted by molar-refractivity contribution is 0.392. The zero-order valence-electron chi connectivity index (χ0n) is 13.6. The molecule has 3 nitrogen and oxygen atoms in total. The topological polar surface area (TPSA) is 46.5 Å². The molecule has 4 heteroatoms. The van der Waals surface area contributed by atoms with Gasteiger partial charge in [0, 0.05) is 0 Å². The summed E-state index contributed by atoms with van der Waals surface area (Å²) in [5.74, 6) is 0.418. The van der Waals surface area contributed by atoms with E-state index in [2.05, 4.69) is 0 Å². The Morgan fingerprint density at radius 1 is 0.833 bits per heavy atom.